The van der Waals surface area contributed by atoms with Crippen LogP contribution in [0.2, 0.25) is 0 Å². The minimum atomic E-state index is -0.329. The van der Waals surface area contributed by atoms with Crippen molar-refractivity contribution in [1.29, 1.82) is 0 Å². The number of carbonyl (C=O) groups excluding carboxylic acids is 1. The van der Waals surface area contributed by atoms with Gasteiger partial charge in [-0.25, -0.2) is 0 Å². The van der Waals surface area contributed by atoms with E-state index in [4.69, 9.17) is 9.47 Å². The maximum atomic E-state index is 12.0. The number of ether oxygens (including phenoxy) is 2. The van der Waals surface area contributed by atoms with Crippen LogP contribution in [0.5, 0.6) is 0 Å². The van der Waals surface area contributed by atoms with Gasteiger partial charge in [-0.3, -0.25) is 9.20 Å². The predicted octanol–water partition coefficient (Wildman–Crippen LogP) is 0.795. The van der Waals surface area contributed by atoms with Gasteiger partial charge in [-0.15, -0.1) is 10.2 Å². The molecule has 0 saturated carbocycles. The summed E-state index contributed by atoms with van der Waals surface area (Å²) in [5, 5.41) is 11.0. The van der Waals surface area contributed by atoms with Gasteiger partial charge in [0.15, 0.2) is 11.5 Å². The van der Waals surface area contributed by atoms with E-state index < -0.39 is 0 Å². The van der Waals surface area contributed by atoms with E-state index in [1.807, 2.05) is 35.7 Å². The molecule has 1 N–H and O–H groups in total. The van der Waals surface area contributed by atoms with Crippen LogP contribution in [0.15, 0.2) is 36.4 Å². The summed E-state index contributed by atoms with van der Waals surface area (Å²) < 4.78 is 12.1. The zero-order chi connectivity index (χ0) is 13.9. The van der Waals surface area contributed by atoms with Crippen molar-refractivity contribution in [3.8, 4) is 0 Å². The molecule has 0 fully saturated rings. The molecule has 7 nitrogen and oxygen atoms in total. The van der Waals surface area contributed by atoms with Crippen molar-refractivity contribution in [2.45, 2.75) is 13.0 Å². The van der Waals surface area contributed by atoms with E-state index in [2.05, 4.69) is 15.5 Å². The van der Waals surface area contributed by atoms with Gasteiger partial charge in [0.2, 0.25) is 5.76 Å². The summed E-state index contributed by atoms with van der Waals surface area (Å²) in [5.74, 6) is 0.507. The first-order chi connectivity index (χ1) is 9.75. The van der Waals surface area contributed by atoms with E-state index in [1.54, 1.807) is 0 Å². The molecule has 3 heterocycles. The van der Waals surface area contributed by atoms with E-state index >= 15 is 0 Å². The van der Waals surface area contributed by atoms with Gasteiger partial charge in [-0.05, 0) is 19.1 Å². The smallest absolute Gasteiger partial charge is 0.290 e. The Morgan fingerprint density at radius 2 is 2.30 bits per heavy atom. The summed E-state index contributed by atoms with van der Waals surface area (Å²) in [6.07, 6.45) is 3.18. The Bertz CT molecular complexity index is 664. The fourth-order valence-electron chi connectivity index (χ4n) is 1.97. The second kappa shape index (κ2) is 5.20. The van der Waals surface area contributed by atoms with Crippen molar-refractivity contribution >= 4 is 11.6 Å². The highest BCUT2D eigenvalue weighted by Gasteiger charge is 2.20. The van der Waals surface area contributed by atoms with Crippen LogP contribution in [0.4, 0.5) is 0 Å². The van der Waals surface area contributed by atoms with Crippen LogP contribution in [-0.4, -0.2) is 33.7 Å². The molecule has 0 saturated heterocycles. The van der Waals surface area contributed by atoms with E-state index in [0.717, 1.165) is 5.65 Å². The molecular formula is C13H14N4O3. The summed E-state index contributed by atoms with van der Waals surface area (Å²) in [6, 6.07) is 5.32. The lowest BCUT2D eigenvalue weighted by Crippen LogP contribution is -2.31. The molecule has 104 valence electrons. The largest absolute Gasteiger partial charge is 0.494 e. The molecule has 0 aromatic carbocycles. The highest BCUT2D eigenvalue weighted by Crippen LogP contribution is 2.13. The lowest BCUT2D eigenvalue weighted by molar-refractivity contribution is -0.123. The minimum Gasteiger partial charge on any atom is -0.494 e. The molecular weight excluding hydrogens is 260 g/mol. The number of nitrogens with zero attached hydrogens (tertiary/aromatic N) is 3. The Labute approximate surface area is 115 Å². The number of nitrogens with one attached hydrogen (secondary N) is 1. The summed E-state index contributed by atoms with van der Waals surface area (Å²) in [4.78, 5) is 12.0. The summed E-state index contributed by atoms with van der Waals surface area (Å²) >= 11 is 0. The summed E-state index contributed by atoms with van der Waals surface area (Å²) in [7, 11) is 0. The lowest BCUT2D eigenvalue weighted by atomic mass is 10.3. The molecule has 0 bridgehead atoms. The summed E-state index contributed by atoms with van der Waals surface area (Å²) in [6.45, 7) is 2.67. The number of fused-ring (bicyclic) bond motifs is 1. The number of hydrogen-bond acceptors (Lipinski definition) is 5. The molecule has 2 aromatic heterocycles. The quantitative estimate of drug-likeness (QED) is 0.895. The molecule has 1 atom stereocenters. The number of aromatic nitrogens is 3. The first kappa shape index (κ1) is 12.5. The highest BCUT2D eigenvalue weighted by atomic mass is 16.6. The van der Waals surface area contributed by atoms with Gasteiger partial charge in [0, 0.05) is 6.20 Å². The third kappa shape index (κ3) is 2.29. The van der Waals surface area contributed by atoms with E-state index in [0.29, 0.717) is 19.0 Å². The van der Waals surface area contributed by atoms with Gasteiger partial charge >= 0.3 is 0 Å². The highest BCUT2D eigenvalue weighted by molar-refractivity contribution is 5.91. The molecule has 2 aromatic rings. The Hall–Kier alpha value is -2.57. The van der Waals surface area contributed by atoms with Gasteiger partial charge in [0.1, 0.15) is 19.5 Å². The summed E-state index contributed by atoms with van der Waals surface area (Å²) in [5.41, 5.74) is 0.736. The standard InChI is InChI=1S/C13H14N4O3/c1-9(14-13(18)10-8-19-6-7-20-10)12-16-15-11-4-2-3-5-17(11)12/h2-5,8-9H,6-7H2,1H3,(H,14,18)/t9-/m0/s1. The molecule has 0 radical (unpaired) electrons. The number of carbonyl (C=O) groups is 1. The van der Waals surface area contributed by atoms with Gasteiger partial charge < -0.3 is 14.8 Å². The lowest BCUT2D eigenvalue weighted by Gasteiger charge is -2.17. The van der Waals surface area contributed by atoms with Gasteiger partial charge in [0.25, 0.3) is 5.91 Å². The number of hydrogen-bond donors (Lipinski definition) is 1. The number of amides is 1. The molecule has 0 aliphatic carbocycles. The molecule has 0 unspecified atom stereocenters. The van der Waals surface area contributed by atoms with Crippen molar-refractivity contribution in [1.82, 2.24) is 19.9 Å². The van der Waals surface area contributed by atoms with Crippen LogP contribution in [0, 0.1) is 0 Å². The number of rotatable bonds is 3. The van der Waals surface area contributed by atoms with Crippen molar-refractivity contribution < 1.29 is 14.3 Å². The zero-order valence-corrected chi connectivity index (χ0v) is 10.9. The van der Waals surface area contributed by atoms with Gasteiger partial charge in [-0.1, -0.05) is 6.07 Å². The van der Waals surface area contributed by atoms with Crippen molar-refractivity contribution in [3.05, 3.63) is 42.2 Å². The van der Waals surface area contributed by atoms with Crippen LogP contribution in [0.3, 0.4) is 0 Å². The van der Waals surface area contributed by atoms with Crippen molar-refractivity contribution in [3.63, 3.8) is 0 Å². The van der Waals surface area contributed by atoms with Gasteiger partial charge in [0.05, 0.1) is 6.04 Å². The van der Waals surface area contributed by atoms with Crippen LogP contribution in [0.25, 0.3) is 5.65 Å². The van der Waals surface area contributed by atoms with Crippen LogP contribution in [0.1, 0.15) is 18.8 Å². The average molecular weight is 274 g/mol. The maximum absolute atomic E-state index is 12.0. The normalized spacial score (nSPS) is 15.9. The third-order valence-electron chi connectivity index (χ3n) is 2.95. The molecule has 1 aliphatic rings. The van der Waals surface area contributed by atoms with E-state index in [9.17, 15) is 4.79 Å². The number of pyridine rings is 1. The Morgan fingerprint density at radius 3 is 3.10 bits per heavy atom. The first-order valence-corrected chi connectivity index (χ1v) is 6.31. The maximum Gasteiger partial charge on any atom is 0.290 e. The monoisotopic (exact) mass is 274 g/mol. The predicted molar refractivity (Wildman–Crippen MR) is 69.5 cm³/mol. The van der Waals surface area contributed by atoms with Gasteiger partial charge in [-0.2, -0.15) is 0 Å². The van der Waals surface area contributed by atoms with E-state index in [-0.39, 0.29) is 17.7 Å². The second-order valence-corrected chi connectivity index (χ2v) is 4.38. The Kier molecular flexibility index (Phi) is 3.24. The second-order valence-electron chi connectivity index (χ2n) is 4.38. The van der Waals surface area contributed by atoms with E-state index in [1.165, 1.54) is 6.26 Å². The van der Waals surface area contributed by atoms with Crippen molar-refractivity contribution in [2.24, 2.45) is 0 Å². The molecule has 7 heteroatoms. The van der Waals surface area contributed by atoms with Crippen LogP contribution >= 0.6 is 0 Å². The minimum absolute atomic E-state index is 0.178. The molecule has 1 amide bonds. The van der Waals surface area contributed by atoms with Crippen LogP contribution in [-0.2, 0) is 14.3 Å². The molecule has 20 heavy (non-hydrogen) atoms. The topological polar surface area (TPSA) is 77.8 Å². The fraction of sp³-hybridized carbons (Fsp3) is 0.308. The Morgan fingerprint density at radius 1 is 1.40 bits per heavy atom. The Balaban J connectivity index is 1.77. The SMILES string of the molecule is C[C@H](NC(=O)C1=COCCO1)c1nnc2ccccn12. The van der Waals surface area contributed by atoms with Crippen molar-refractivity contribution in [2.75, 3.05) is 13.2 Å². The first-order valence-electron chi connectivity index (χ1n) is 6.31. The molecule has 0 spiro atoms. The molecule has 3 rings (SSSR count). The van der Waals surface area contributed by atoms with Crippen LogP contribution < -0.4 is 5.32 Å². The fourth-order valence-corrected chi connectivity index (χ4v) is 1.97. The third-order valence-corrected chi connectivity index (χ3v) is 2.95. The average Bonchev–Trinajstić information content (AvgIpc) is 2.92. The molecule has 1 aliphatic heterocycles. The zero-order valence-electron chi connectivity index (χ0n) is 10.9.